The van der Waals surface area contributed by atoms with E-state index in [1.54, 1.807) is 12.1 Å². The number of hydrogen-bond acceptors (Lipinski definition) is 5. The van der Waals surface area contributed by atoms with E-state index < -0.39 is 0 Å². The molecule has 1 amide bonds. The van der Waals surface area contributed by atoms with Gasteiger partial charge in [-0.15, -0.1) is 10.2 Å². The molecule has 2 N–H and O–H groups in total. The van der Waals surface area contributed by atoms with Crippen LogP contribution in [0.1, 0.15) is 43.1 Å². The molecule has 0 aliphatic heterocycles. The van der Waals surface area contributed by atoms with Crippen LogP contribution in [0.5, 0.6) is 0 Å². The number of aliphatic hydroxyl groups excluding tert-OH is 1. The van der Waals surface area contributed by atoms with Gasteiger partial charge in [-0.3, -0.25) is 4.79 Å². The quantitative estimate of drug-likeness (QED) is 0.785. The Balaban J connectivity index is 2.05. The number of carbonyl (C=O) groups is 1. The second kappa shape index (κ2) is 7.19. The molecule has 110 valence electrons. The topological polar surface area (TPSA) is 78.4 Å². The molecule has 0 saturated heterocycles. The molecule has 0 unspecified atom stereocenters. The lowest BCUT2D eigenvalue weighted by Gasteiger charge is -2.37. The highest BCUT2D eigenvalue weighted by atomic mass is 16.3. The lowest BCUT2D eigenvalue weighted by molar-refractivity contribution is 0.0555. The molecule has 0 radical (unpaired) electrons. The van der Waals surface area contributed by atoms with Gasteiger partial charge in [0.25, 0.3) is 5.91 Å². The second-order valence-electron chi connectivity index (χ2n) is 4.99. The summed E-state index contributed by atoms with van der Waals surface area (Å²) in [6.45, 7) is 3.43. The van der Waals surface area contributed by atoms with E-state index in [0.717, 1.165) is 19.4 Å². The van der Waals surface area contributed by atoms with Crippen molar-refractivity contribution in [2.24, 2.45) is 0 Å². The SMILES string of the molecule is CCNc1ccc(C(=O)N(CCCO)C2CCC2)nn1. The molecule has 6 heteroatoms. The smallest absolute Gasteiger partial charge is 0.274 e. The fourth-order valence-electron chi connectivity index (χ4n) is 2.26. The number of rotatable bonds is 7. The van der Waals surface area contributed by atoms with Gasteiger partial charge >= 0.3 is 0 Å². The van der Waals surface area contributed by atoms with E-state index in [1.165, 1.54) is 6.42 Å². The van der Waals surface area contributed by atoms with Crippen molar-refractivity contribution in [3.63, 3.8) is 0 Å². The van der Waals surface area contributed by atoms with Crippen LogP contribution in [0, 0.1) is 0 Å². The summed E-state index contributed by atoms with van der Waals surface area (Å²) in [6.07, 6.45) is 3.85. The molecule has 0 atom stereocenters. The normalized spacial score (nSPS) is 14.7. The van der Waals surface area contributed by atoms with Crippen LogP contribution >= 0.6 is 0 Å². The predicted octanol–water partition coefficient (Wildman–Crippen LogP) is 1.29. The third kappa shape index (κ3) is 3.45. The minimum Gasteiger partial charge on any atom is -0.396 e. The van der Waals surface area contributed by atoms with Crippen LogP contribution in [0.25, 0.3) is 0 Å². The summed E-state index contributed by atoms with van der Waals surface area (Å²) >= 11 is 0. The highest BCUT2D eigenvalue weighted by molar-refractivity contribution is 5.92. The van der Waals surface area contributed by atoms with Crippen molar-refractivity contribution < 1.29 is 9.90 Å². The van der Waals surface area contributed by atoms with Crippen molar-refractivity contribution in [1.29, 1.82) is 0 Å². The predicted molar refractivity (Wildman–Crippen MR) is 76.6 cm³/mol. The number of amides is 1. The number of hydrogen-bond donors (Lipinski definition) is 2. The zero-order valence-corrected chi connectivity index (χ0v) is 11.9. The molecule has 0 spiro atoms. The zero-order valence-electron chi connectivity index (χ0n) is 11.9. The fourth-order valence-corrected chi connectivity index (χ4v) is 2.26. The Hall–Kier alpha value is -1.69. The van der Waals surface area contributed by atoms with Crippen molar-refractivity contribution in [2.75, 3.05) is 25.0 Å². The Morgan fingerprint density at radius 3 is 2.75 bits per heavy atom. The maximum Gasteiger partial charge on any atom is 0.274 e. The lowest BCUT2D eigenvalue weighted by Crippen LogP contribution is -2.45. The third-order valence-electron chi connectivity index (χ3n) is 3.58. The van der Waals surface area contributed by atoms with E-state index in [9.17, 15) is 4.79 Å². The molecule has 0 aromatic carbocycles. The first-order valence-corrected chi connectivity index (χ1v) is 7.25. The van der Waals surface area contributed by atoms with E-state index in [2.05, 4.69) is 15.5 Å². The summed E-state index contributed by atoms with van der Waals surface area (Å²) in [5, 5.41) is 20.0. The fraction of sp³-hybridized carbons (Fsp3) is 0.643. The standard InChI is InChI=1S/C14H22N4O2/c1-2-15-13-8-7-12(16-17-13)14(20)18(9-4-10-19)11-5-3-6-11/h7-8,11,19H,2-6,9-10H2,1H3,(H,15,17). The van der Waals surface area contributed by atoms with Gasteiger partial charge in [-0.2, -0.15) is 0 Å². The monoisotopic (exact) mass is 278 g/mol. The van der Waals surface area contributed by atoms with Crippen molar-refractivity contribution >= 4 is 11.7 Å². The van der Waals surface area contributed by atoms with E-state index >= 15 is 0 Å². The van der Waals surface area contributed by atoms with Crippen molar-refractivity contribution in [1.82, 2.24) is 15.1 Å². The highest BCUT2D eigenvalue weighted by Gasteiger charge is 2.29. The van der Waals surface area contributed by atoms with Crippen molar-refractivity contribution in [3.8, 4) is 0 Å². The Labute approximate surface area is 119 Å². The summed E-state index contributed by atoms with van der Waals surface area (Å²) < 4.78 is 0. The number of nitrogens with zero attached hydrogens (tertiary/aromatic N) is 3. The van der Waals surface area contributed by atoms with Crippen LogP contribution in [0.15, 0.2) is 12.1 Å². The lowest BCUT2D eigenvalue weighted by atomic mass is 9.91. The molecular formula is C14H22N4O2. The van der Waals surface area contributed by atoms with Crippen LogP contribution < -0.4 is 5.32 Å². The van der Waals surface area contributed by atoms with Crippen molar-refractivity contribution in [2.45, 2.75) is 38.6 Å². The van der Waals surface area contributed by atoms with Gasteiger partial charge in [0, 0.05) is 25.7 Å². The molecule has 0 bridgehead atoms. The summed E-state index contributed by atoms with van der Waals surface area (Å²) in [5.74, 6) is 0.591. The summed E-state index contributed by atoms with van der Waals surface area (Å²) in [4.78, 5) is 14.3. The van der Waals surface area contributed by atoms with E-state index in [-0.39, 0.29) is 12.5 Å². The molecule has 1 fully saturated rings. The van der Waals surface area contributed by atoms with Crippen LogP contribution in [-0.2, 0) is 0 Å². The van der Waals surface area contributed by atoms with E-state index in [0.29, 0.717) is 30.5 Å². The van der Waals surface area contributed by atoms with Crippen LogP contribution in [0.4, 0.5) is 5.82 Å². The van der Waals surface area contributed by atoms with Gasteiger partial charge in [0.1, 0.15) is 5.82 Å². The van der Waals surface area contributed by atoms with Gasteiger partial charge in [-0.1, -0.05) is 0 Å². The molecule has 1 aromatic heterocycles. The van der Waals surface area contributed by atoms with Gasteiger partial charge in [0.2, 0.25) is 0 Å². The maximum atomic E-state index is 12.5. The third-order valence-corrected chi connectivity index (χ3v) is 3.58. The molecule has 1 saturated carbocycles. The molecule has 1 aliphatic carbocycles. The average Bonchev–Trinajstić information content (AvgIpc) is 2.42. The zero-order chi connectivity index (χ0) is 14.4. The highest BCUT2D eigenvalue weighted by Crippen LogP contribution is 2.26. The Morgan fingerprint density at radius 2 is 2.25 bits per heavy atom. The summed E-state index contributed by atoms with van der Waals surface area (Å²) in [7, 11) is 0. The minimum absolute atomic E-state index is 0.0845. The van der Waals surface area contributed by atoms with Gasteiger partial charge in [-0.05, 0) is 44.7 Å². The first-order chi connectivity index (χ1) is 9.76. The van der Waals surface area contributed by atoms with E-state index in [1.807, 2.05) is 11.8 Å². The Morgan fingerprint density at radius 1 is 1.45 bits per heavy atom. The van der Waals surface area contributed by atoms with Crippen LogP contribution in [0.3, 0.4) is 0 Å². The maximum absolute atomic E-state index is 12.5. The average molecular weight is 278 g/mol. The largest absolute Gasteiger partial charge is 0.396 e. The Kier molecular flexibility index (Phi) is 5.29. The first kappa shape index (κ1) is 14.7. The van der Waals surface area contributed by atoms with Gasteiger partial charge < -0.3 is 15.3 Å². The number of anilines is 1. The molecule has 6 nitrogen and oxygen atoms in total. The second-order valence-corrected chi connectivity index (χ2v) is 4.99. The molecule has 1 aromatic rings. The number of aromatic nitrogens is 2. The number of aliphatic hydroxyl groups is 1. The molecule has 20 heavy (non-hydrogen) atoms. The van der Waals surface area contributed by atoms with Crippen LogP contribution in [0.2, 0.25) is 0 Å². The van der Waals surface area contributed by atoms with Gasteiger partial charge in [0.15, 0.2) is 5.69 Å². The van der Waals surface area contributed by atoms with Gasteiger partial charge in [0.05, 0.1) is 0 Å². The number of carbonyl (C=O) groups excluding carboxylic acids is 1. The Bertz CT molecular complexity index is 431. The molecule has 1 heterocycles. The molecule has 2 rings (SSSR count). The first-order valence-electron chi connectivity index (χ1n) is 7.25. The summed E-state index contributed by atoms with van der Waals surface area (Å²) in [6, 6.07) is 3.77. The van der Waals surface area contributed by atoms with Crippen molar-refractivity contribution in [3.05, 3.63) is 17.8 Å². The number of nitrogens with one attached hydrogen (secondary N) is 1. The minimum atomic E-state index is -0.0845. The van der Waals surface area contributed by atoms with Crippen LogP contribution in [-0.4, -0.2) is 51.8 Å². The summed E-state index contributed by atoms with van der Waals surface area (Å²) in [5.41, 5.74) is 0.372. The van der Waals surface area contributed by atoms with Gasteiger partial charge in [-0.25, -0.2) is 0 Å². The van der Waals surface area contributed by atoms with E-state index in [4.69, 9.17) is 5.11 Å². The molecule has 1 aliphatic rings. The molecular weight excluding hydrogens is 256 g/mol.